The van der Waals surface area contributed by atoms with Gasteiger partial charge >= 0.3 is 6.09 Å². The molecular formula is C13H27NO3S. The number of nitrogens with one attached hydrogen (secondary N) is 1. The van der Waals surface area contributed by atoms with Gasteiger partial charge in [0.25, 0.3) is 0 Å². The first-order valence-electron chi connectivity index (χ1n) is 6.61. The fourth-order valence-corrected chi connectivity index (χ4v) is 2.10. The van der Waals surface area contributed by atoms with Crippen molar-refractivity contribution >= 4 is 17.9 Å². The largest absolute Gasteiger partial charge is 0.444 e. The number of aliphatic hydroxyl groups excluding tert-OH is 1. The van der Waals surface area contributed by atoms with E-state index in [1.54, 1.807) is 11.8 Å². The molecule has 0 aliphatic rings. The molecule has 0 unspecified atom stereocenters. The number of hydrogen-bond acceptors (Lipinski definition) is 4. The minimum absolute atomic E-state index is 0.268. The van der Waals surface area contributed by atoms with Crippen LogP contribution in [0.5, 0.6) is 0 Å². The monoisotopic (exact) mass is 277 g/mol. The van der Waals surface area contributed by atoms with Crippen molar-refractivity contribution in [3.8, 4) is 0 Å². The molecule has 1 amide bonds. The summed E-state index contributed by atoms with van der Waals surface area (Å²) in [6.07, 6.45) is 4.13. The molecule has 18 heavy (non-hydrogen) atoms. The smallest absolute Gasteiger partial charge is 0.407 e. The molecule has 0 heterocycles. The van der Waals surface area contributed by atoms with Crippen molar-refractivity contribution in [3.05, 3.63) is 0 Å². The predicted molar refractivity (Wildman–Crippen MR) is 77.1 cm³/mol. The molecule has 2 N–H and O–H groups in total. The van der Waals surface area contributed by atoms with Gasteiger partial charge in [-0.05, 0) is 39.4 Å². The molecule has 0 spiro atoms. The lowest BCUT2D eigenvalue weighted by Gasteiger charge is -2.19. The van der Waals surface area contributed by atoms with Crippen LogP contribution in [0.4, 0.5) is 4.79 Å². The molecule has 108 valence electrons. The maximum Gasteiger partial charge on any atom is 0.407 e. The zero-order chi connectivity index (χ0) is 13.9. The lowest BCUT2D eigenvalue weighted by molar-refractivity contribution is 0.0527. The number of amides is 1. The van der Waals surface area contributed by atoms with Gasteiger partial charge in [-0.1, -0.05) is 12.8 Å². The first kappa shape index (κ1) is 17.6. The highest BCUT2D eigenvalue weighted by Gasteiger charge is 2.15. The van der Waals surface area contributed by atoms with Crippen molar-refractivity contribution in [1.82, 2.24) is 5.32 Å². The van der Waals surface area contributed by atoms with Crippen LogP contribution in [0.2, 0.25) is 0 Å². The van der Waals surface area contributed by atoms with E-state index in [-0.39, 0.29) is 12.7 Å². The van der Waals surface area contributed by atoms with Crippen LogP contribution in [0.25, 0.3) is 0 Å². The van der Waals surface area contributed by atoms with Crippen LogP contribution in [0.3, 0.4) is 0 Å². The number of ether oxygens (including phenoxy) is 1. The zero-order valence-corrected chi connectivity index (χ0v) is 12.6. The van der Waals surface area contributed by atoms with Gasteiger partial charge in [0.05, 0.1) is 6.61 Å². The van der Waals surface area contributed by atoms with Gasteiger partial charge in [0, 0.05) is 12.3 Å². The van der Waals surface area contributed by atoms with E-state index in [0.29, 0.717) is 6.54 Å². The highest BCUT2D eigenvalue weighted by atomic mass is 32.2. The van der Waals surface area contributed by atoms with Crippen LogP contribution in [0.15, 0.2) is 0 Å². The summed E-state index contributed by atoms with van der Waals surface area (Å²) < 4.78 is 5.13. The summed E-state index contributed by atoms with van der Waals surface area (Å²) >= 11 is 1.79. The van der Waals surface area contributed by atoms with E-state index in [1.807, 2.05) is 20.8 Å². The van der Waals surface area contributed by atoms with Gasteiger partial charge < -0.3 is 15.2 Å². The Bertz CT molecular complexity index is 217. The molecule has 0 rings (SSSR count). The fourth-order valence-electron chi connectivity index (χ4n) is 1.35. The first-order chi connectivity index (χ1) is 8.45. The second-order valence-corrected chi connectivity index (χ2v) is 6.40. The van der Waals surface area contributed by atoms with Crippen molar-refractivity contribution in [2.45, 2.75) is 52.1 Å². The Balaban J connectivity index is 3.23. The minimum atomic E-state index is -0.423. The van der Waals surface area contributed by atoms with E-state index >= 15 is 0 Å². The van der Waals surface area contributed by atoms with Crippen LogP contribution < -0.4 is 5.32 Å². The number of rotatable bonds is 9. The lowest BCUT2D eigenvalue weighted by Crippen LogP contribution is -2.32. The number of thioether (sulfide) groups is 1. The Morgan fingerprint density at radius 3 is 2.44 bits per heavy atom. The van der Waals surface area contributed by atoms with E-state index in [1.165, 1.54) is 12.8 Å². The number of hydrogen-bond donors (Lipinski definition) is 2. The highest BCUT2D eigenvalue weighted by Crippen LogP contribution is 2.08. The molecule has 5 heteroatoms. The standard InChI is InChI=1S/C13H27NO3S/c1-13(2,3)17-12(16)14-8-6-4-5-7-10-18-11-9-15/h15H,4-11H2,1-3H3,(H,14,16). The SMILES string of the molecule is CC(C)(C)OC(=O)NCCCCCCSCCO. The van der Waals surface area contributed by atoms with Crippen LogP contribution in [-0.2, 0) is 4.74 Å². The average Bonchev–Trinajstić information content (AvgIpc) is 2.24. The van der Waals surface area contributed by atoms with Gasteiger partial charge in [-0.25, -0.2) is 4.79 Å². The number of aliphatic hydroxyl groups is 1. The zero-order valence-electron chi connectivity index (χ0n) is 11.8. The Kier molecular flexibility index (Phi) is 10.3. The molecule has 0 saturated carbocycles. The summed E-state index contributed by atoms with van der Waals surface area (Å²) in [4.78, 5) is 11.3. The van der Waals surface area contributed by atoms with Gasteiger partial charge in [-0.15, -0.1) is 0 Å². The molecule has 0 aromatic heterocycles. The van der Waals surface area contributed by atoms with Crippen LogP contribution in [0, 0.1) is 0 Å². The summed E-state index contributed by atoms with van der Waals surface area (Å²) in [6.45, 7) is 6.52. The van der Waals surface area contributed by atoms with E-state index in [0.717, 1.165) is 24.3 Å². The predicted octanol–water partition coefficient (Wildman–Crippen LogP) is 2.80. The number of carbonyl (C=O) groups excluding carboxylic acids is 1. The van der Waals surface area contributed by atoms with Gasteiger partial charge in [0.1, 0.15) is 5.60 Å². The van der Waals surface area contributed by atoms with Crippen molar-refractivity contribution in [1.29, 1.82) is 0 Å². The summed E-state index contributed by atoms with van der Waals surface area (Å²) in [5.41, 5.74) is -0.423. The van der Waals surface area contributed by atoms with Crippen LogP contribution >= 0.6 is 11.8 Å². The molecule has 0 atom stereocenters. The summed E-state index contributed by atoms with van der Waals surface area (Å²) in [7, 11) is 0. The normalized spacial score (nSPS) is 11.3. The summed E-state index contributed by atoms with van der Waals surface area (Å²) in [5.74, 6) is 1.94. The topological polar surface area (TPSA) is 58.6 Å². The molecule has 0 bridgehead atoms. The minimum Gasteiger partial charge on any atom is -0.444 e. The second kappa shape index (κ2) is 10.5. The highest BCUT2D eigenvalue weighted by molar-refractivity contribution is 7.99. The molecule has 0 aliphatic heterocycles. The quantitative estimate of drug-likeness (QED) is 0.636. The molecule has 0 fully saturated rings. The Morgan fingerprint density at radius 1 is 1.17 bits per heavy atom. The van der Waals surface area contributed by atoms with E-state index in [4.69, 9.17) is 9.84 Å². The molecule has 4 nitrogen and oxygen atoms in total. The first-order valence-corrected chi connectivity index (χ1v) is 7.76. The molecule has 0 aromatic carbocycles. The maximum absolute atomic E-state index is 11.3. The molecular weight excluding hydrogens is 250 g/mol. The van der Waals surface area contributed by atoms with Crippen molar-refractivity contribution in [3.63, 3.8) is 0 Å². The Hall–Kier alpha value is -0.420. The van der Waals surface area contributed by atoms with E-state index in [2.05, 4.69) is 5.32 Å². The number of unbranched alkanes of at least 4 members (excludes halogenated alkanes) is 3. The van der Waals surface area contributed by atoms with Gasteiger partial charge in [0.15, 0.2) is 0 Å². The van der Waals surface area contributed by atoms with Crippen molar-refractivity contribution in [2.24, 2.45) is 0 Å². The van der Waals surface area contributed by atoms with Crippen LogP contribution in [0.1, 0.15) is 46.5 Å². The second-order valence-electron chi connectivity index (χ2n) is 5.18. The molecule has 0 aliphatic carbocycles. The number of carbonyl (C=O) groups is 1. The Labute approximate surface area is 115 Å². The summed E-state index contributed by atoms with van der Waals surface area (Å²) in [5, 5.41) is 11.3. The van der Waals surface area contributed by atoms with E-state index in [9.17, 15) is 4.79 Å². The molecule has 0 radical (unpaired) electrons. The van der Waals surface area contributed by atoms with Crippen molar-refractivity contribution in [2.75, 3.05) is 24.7 Å². The third-order valence-corrected chi connectivity index (χ3v) is 3.17. The van der Waals surface area contributed by atoms with E-state index < -0.39 is 5.60 Å². The van der Waals surface area contributed by atoms with Gasteiger partial charge in [-0.3, -0.25) is 0 Å². The Morgan fingerprint density at radius 2 is 1.83 bits per heavy atom. The summed E-state index contributed by atoms with van der Waals surface area (Å²) in [6, 6.07) is 0. The van der Waals surface area contributed by atoms with Gasteiger partial charge in [-0.2, -0.15) is 11.8 Å². The fraction of sp³-hybridized carbons (Fsp3) is 0.923. The average molecular weight is 277 g/mol. The van der Waals surface area contributed by atoms with Gasteiger partial charge in [0.2, 0.25) is 0 Å². The van der Waals surface area contributed by atoms with Crippen molar-refractivity contribution < 1.29 is 14.6 Å². The number of alkyl carbamates (subject to hydrolysis) is 1. The maximum atomic E-state index is 11.3. The molecule has 0 aromatic rings. The molecule has 0 saturated heterocycles. The lowest BCUT2D eigenvalue weighted by atomic mass is 10.2. The third-order valence-electron chi connectivity index (χ3n) is 2.12. The van der Waals surface area contributed by atoms with Crippen LogP contribution in [-0.4, -0.2) is 41.5 Å². The third kappa shape index (κ3) is 13.6.